The SMILES string of the molecule is CC1CCCCC1NCCN1CCCC2CCCC21. The second-order valence-corrected chi connectivity index (χ2v) is 7.26. The second kappa shape index (κ2) is 6.58. The molecule has 3 rings (SSSR count). The van der Waals surface area contributed by atoms with Crippen LogP contribution >= 0.6 is 0 Å². The fourth-order valence-electron chi connectivity index (χ4n) is 4.85. The first-order chi connectivity index (χ1) is 9.34. The number of nitrogens with one attached hydrogen (secondary N) is 1. The predicted molar refractivity (Wildman–Crippen MR) is 81.4 cm³/mol. The van der Waals surface area contributed by atoms with Gasteiger partial charge in [-0.2, -0.15) is 0 Å². The molecular weight excluding hydrogens is 232 g/mol. The maximum atomic E-state index is 3.86. The molecule has 0 spiro atoms. The molecule has 0 aromatic heterocycles. The molecule has 0 aromatic rings. The van der Waals surface area contributed by atoms with Crippen LogP contribution in [0.2, 0.25) is 0 Å². The third kappa shape index (κ3) is 3.33. The summed E-state index contributed by atoms with van der Waals surface area (Å²) in [5.74, 6) is 1.94. The second-order valence-electron chi connectivity index (χ2n) is 7.26. The van der Waals surface area contributed by atoms with E-state index in [-0.39, 0.29) is 0 Å². The van der Waals surface area contributed by atoms with E-state index in [0.717, 1.165) is 23.9 Å². The number of hydrogen-bond donors (Lipinski definition) is 1. The van der Waals surface area contributed by atoms with Crippen LogP contribution in [0, 0.1) is 11.8 Å². The summed E-state index contributed by atoms with van der Waals surface area (Å²) in [6, 6.07) is 1.75. The average molecular weight is 264 g/mol. The fraction of sp³-hybridized carbons (Fsp3) is 1.00. The Morgan fingerprint density at radius 1 is 0.947 bits per heavy atom. The Morgan fingerprint density at radius 2 is 1.79 bits per heavy atom. The number of piperidine rings is 1. The van der Waals surface area contributed by atoms with Gasteiger partial charge in [0.15, 0.2) is 0 Å². The Balaban J connectivity index is 1.41. The van der Waals surface area contributed by atoms with E-state index >= 15 is 0 Å². The molecule has 3 fully saturated rings. The van der Waals surface area contributed by atoms with E-state index in [4.69, 9.17) is 0 Å². The van der Waals surface area contributed by atoms with Crippen molar-refractivity contribution in [2.75, 3.05) is 19.6 Å². The van der Waals surface area contributed by atoms with Crippen LogP contribution in [-0.2, 0) is 0 Å². The van der Waals surface area contributed by atoms with Gasteiger partial charge >= 0.3 is 0 Å². The first kappa shape index (κ1) is 13.9. The Morgan fingerprint density at radius 3 is 2.68 bits per heavy atom. The van der Waals surface area contributed by atoms with Crippen molar-refractivity contribution in [1.82, 2.24) is 10.2 Å². The number of nitrogens with zero attached hydrogens (tertiary/aromatic N) is 1. The van der Waals surface area contributed by atoms with E-state index in [1.165, 1.54) is 77.4 Å². The smallest absolute Gasteiger partial charge is 0.0124 e. The molecule has 0 bridgehead atoms. The van der Waals surface area contributed by atoms with Crippen molar-refractivity contribution in [1.29, 1.82) is 0 Å². The van der Waals surface area contributed by atoms with Crippen LogP contribution in [0.5, 0.6) is 0 Å². The lowest BCUT2D eigenvalue weighted by atomic mass is 9.86. The van der Waals surface area contributed by atoms with E-state index in [1.54, 1.807) is 0 Å². The quantitative estimate of drug-likeness (QED) is 0.837. The number of rotatable bonds is 4. The molecule has 4 atom stereocenters. The molecule has 2 saturated carbocycles. The highest BCUT2D eigenvalue weighted by atomic mass is 15.2. The van der Waals surface area contributed by atoms with Crippen LogP contribution in [0.25, 0.3) is 0 Å². The summed E-state index contributed by atoms with van der Waals surface area (Å²) in [5.41, 5.74) is 0. The minimum Gasteiger partial charge on any atom is -0.312 e. The third-order valence-electron chi connectivity index (χ3n) is 6.03. The predicted octanol–water partition coefficient (Wildman–Crippen LogP) is 3.42. The van der Waals surface area contributed by atoms with Crippen LogP contribution in [0.4, 0.5) is 0 Å². The highest BCUT2D eigenvalue weighted by molar-refractivity contribution is 4.89. The summed E-state index contributed by atoms with van der Waals surface area (Å²) < 4.78 is 0. The van der Waals surface area contributed by atoms with Crippen molar-refractivity contribution in [2.45, 2.75) is 76.8 Å². The Hall–Kier alpha value is -0.0800. The van der Waals surface area contributed by atoms with Crippen molar-refractivity contribution < 1.29 is 0 Å². The van der Waals surface area contributed by atoms with Gasteiger partial charge < -0.3 is 5.32 Å². The summed E-state index contributed by atoms with van der Waals surface area (Å²) in [7, 11) is 0. The first-order valence-corrected chi connectivity index (χ1v) is 8.82. The van der Waals surface area contributed by atoms with Crippen molar-refractivity contribution in [3.63, 3.8) is 0 Å². The Bertz CT molecular complexity index is 278. The van der Waals surface area contributed by atoms with Crippen molar-refractivity contribution in [2.24, 2.45) is 11.8 Å². The number of likely N-dealkylation sites (tertiary alicyclic amines) is 1. The fourth-order valence-corrected chi connectivity index (χ4v) is 4.85. The van der Waals surface area contributed by atoms with E-state index in [1.807, 2.05) is 0 Å². The van der Waals surface area contributed by atoms with Gasteiger partial charge in [0.1, 0.15) is 0 Å². The zero-order valence-corrected chi connectivity index (χ0v) is 12.7. The van der Waals surface area contributed by atoms with Gasteiger partial charge in [-0.25, -0.2) is 0 Å². The monoisotopic (exact) mass is 264 g/mol. The van der Waals surface area contributed by atoms with Gasteiger partial charge in [-0.15, -0.1) is 0 Å². The summed E-state index contributed by atoms with van der Waals surface area (Å²) in [6.45, 7) is 6.32. The van der Waals surface area contributed by atoms with Crippen LogP contribution in [-0.4, -0.2) is 36.6 Å². The molecule has 1 aliphatic heterocycles. The number of fused-ring (bicyclic) bond motifs is 1. The molecule has 3 aliphatic rings. The summed E-state index contributed by atoms with van der Waals surface area (Å²) in [5, 5.41) is 3.86. The minimum atomic E-state index is 0.804. The molecule has 110 valence electrons. The molecule has 0 aromatic carbocycles. The highest BCUT2D eigenvalue weighted by Crippen LogP contribution is 2.36. The Kier molecular flexibility index (Phi) is 4.81. The minimum absolute atomic E-state index is 0.804. The molecule has 2 aliphatic carbocycles. The molecule has 2 nitrogen and oxygen atoms in total. The molecule has 4 unspecified atom stereocenters. The van der Waals surface area contributed by atoms with Gasteiger partial charge in [-0.3, -0.25) is 4.90 Å². The lowest BCUT2D eigenvalue weighted by Gasteiger charge is -2.38. The van der Waals surface area contributed by atoms with Gasteiger partial charge in [-0.1, -0.05) is 26.2 Å². The maximum Gasteiger partial charge on any atom is 0.0124 e. The highest BCUT2D eigenvalue weighted by Gasteiger charge is 2.34. The standard InChI is InChI=1S/C17H32N2/c1-14-6-2-3-9-16(14)18-11-13-19-12-5-8-15-7-4-10-17(15)19/h14-18H,2-13H2,1H3. The Labute approximate surface area is 119 Å². The molecule has 1 saturated heterocycles. The van der Waals surface area contributed by atoms with Gasteiger partial charge in [-0.05, 0) is 56.9 Å². The molecule has 19 heavy (non-hydrogen) atoms. The molecule has 2 heteroatoms. The van der Waals surface area contributed by atoms with E-state index < -0.39 is 0 Å². The molecular formula is C17H32N2. The van der Waals surface area contributed by atoms with Crippen molar-refractivity contribution in [3.05, 3.63) is 0 Å². The van der Waals surface area contributed by atoms with Crippen LogP contribution < -0.4 is 5.32 Å². The van der Waals surface area contributed by atoms with E-state index in [9.17, 15) is 0 Å². The van der Waals surface area contributed by atoms with Gasteiger partial charge in [0.2, 0.25) is 0 Å². The summed E-state index contributed by atoms with van der Waals surface area (Å²) >= 11 is 0. The van der Waals surface area contributed by atoms with Crippen LogP contribution in [0.3, 0.4) is 0 Å². The largest absolute Gasteiger partial charge is 0.312 e. The summed E-state index contributed by atoms with van der Waals surface area (Å²) in [4.78, 5) is 2.81. The van der Waals surface area contributed by atoms with Crippen molar-refractivity contribution >= 4 is 0 Å². The molecule has 0 amide bonds. The van der Waals surface area contributed by atoms with Gasteiger partial charge in [0.25, 0.3) is 0 Å². The summed E-state index contributed by atoms with van der Waals surface area (Å²) in [6.07, 6.45) is 13.2. The maximum absolute atomic E-state index is 3.86. The van der Waals surface area contributed by atoms with Gasteiger partial charge in [0.05, 0.1) is 0 Å². The normalized spacial score (nSPS) is 40.3. The average Bonchev–Trinajstić information content (AvgIpc) is 2.90. The molecule has 1 heterocycles. The van der Waals surface area contributed by atoms with E-state index in [0.29, 0.717) is 0 Å². The van der Waals surface area contributed by atoms with Crippen molar-refractivity contribution in [3.8, 4) is 0 Å². The first-order valence-electron chi connectivity index (χ1n) is 8.82. The number of hydrogen-bond acceptors (Lipinski definition) is 2. The topological polar surface area (TPSA) is 15.3 Å². The van der Waals surface area contributed by atoms with Crippen LogP contribution in [0.1, 0.15) is 64.7 Å². The third-order valence-corrected chi connectivity index (χ3v) is 6.03. The van der Waals surface area contributed by atoms with E-state index in [2.05, 4.69) is 17.1 Å². The zero-order chi connectivity index (χ0) is 13.1. The van der Waals surface area contributed by atoms with Gasteiger partial charge in [0, 0.05) is 25.2 Å². The van der Waals surface area contributed by atoms with Crippen LogP contribution in [0.15, 0.2) is 0 Å². The lowest BCUT2D eigenvalue weighted by Crippen LogP contribution is -2.47. The lowest BCUT2D eigenvalue weighted by molar-refractivity contribution is 0.111. The zero-order valence-electron chi connectivity index (χ0n) is 12.7. The molecule has 0 radical (unpaired) electrons. The molecule has 1 N–H and O–H groups in total.